The summed E-state index contributed by atoms with van der Waals surface area (Å²) in [5, 5.41) is 18.4. The van der Waals surface area contributed by atoms with E-state index in [1.807, 2.05) is 19.1 Å². The van der Waals surface area contributed by atoms with Gasteiger partial charge in [0.1, 0.15) is 0 Å². The minimum absolute atomic E-state index is 0.0511. The number of rotatable bonds is 6. The van der Waals surface area contributed by atoms with Crippen molar-refractivity contribution in [2.75, 3.05) is 18.4 Å². The summed E-state index contributed by atoms with van der Waals surface area (Å²) in [7, 11) is 0. The van der Waals surface area contributed by atoms with Crippen LogP contribution < -0.4 is 16.0 Å². The van der Waals surface area contributed by atoms with Crippen molar-refractivity contribution in [2.45, 2.75) is 6.92 Å². The minimum atomic E-state index is -0.513. The average molecular weight is 342 g/mol. The zero-order chi connectivity index (χ0) is 18.2. The lowest BCUT2D eigenvalue weighted by Crippen LogP contribution is -2.36. The molecule has 0 saturated carbocycles. The molecule has 0 spiro atoms. The first kappa shape index (κ1) is 17.9. The molecular formula is C17H18N4O4. The lowest BCUT2D eigenvalue weighted by molar-refractivity contribution is -0.384. The first-order valence-electron chi connectivity index (χ1n) is 7.60. The van der Waals surface area contributed by atoms with Crippen LogP contribution in [0.4, 0.5) is 16.2 Å². The van der Waals surface area contributed by atoms with E-state index in [1.165, 1.54) is 24.3 Å². The summed E-state index contributed by atoms with van der Waals surface area (Å²) in [6.07, 6.45) is 0. The molecular weight excluding hydrogens is 324 g/mol. The van der Waals surface area contributed by atoms with Gasteiger partial charge in [0, 0.05) is 36.5 Å². The van der Waals surface area contributed by atoms with Crippen LogP contribution in [-0.4, -0.2) is 30.0 Å². The molecule has 0 atom stereocenters. The van der Waals surface area contributed by atoms with E-state index in [2.05, 4.69) is 16.0 Å². The molecule has 0 heterocycles. The van der Waals surface area contributed by atoms with Gasteiger partial charge in [0.05, 0.1) is 4.92 Å². The van der Waals surface area contributed by atoms with E-state index in [0.29, 0.717) is 11.3 Å². The molecule has 0 aliphatic rings. The van der Waals surface area contributed by atoms with Crippen molar-refractivity contribution in [3.8, 4) is 0 Å². The third-order valence-electron chi connectivity index (χ3n) is 3.35. The van der Waals surface area contributed by atoms with E-state index in [1.54, 1.807) is 12.1 Å². The van der Waals surface area contributed by atoms with Gasteiger partial charge >= 0.3 is 6.03 Å². The van der Waals surface area contributed by atoms with E-state index in [-0.39, 0.29) is 24.7 Å². The standard InChI is InChI=1S/C17H18N4O4/c1-12-2-4-13(5-3-12)16(22)18-10-11-19-17(23)20-14-6-8-15(9-7-14)21(24)25/h2-9H,10-11H2,1H3,(H,18,22)(H2,19,20,23). The number of anilines is 1. The third kappa shape index (κ3) is 5.61. The quantitative estimate of drug-likeness (QED) is 0.425. The van der Waals surface area contributed by atoms with Crippen LogP contribution in [0, 0.1) is 17.0 Å². The van der Waals surface area contributed by atoms with Gasteiger partial charge in [-0.1, -0.05) is 17.7 Å². The number of nitro groups is 1. The molecule has 2 rings (SSSR count). The molecule has 25 heavy (non-hydrogen) atoms. The van der Waals surface area contributed by atoms with Crippen LogP contribution in [0.25, 0.3) is 0 Å². The van der Waals surface area contributed by atoms with Crippen LogP contribution in [0.5, 0.6) is 0 Å². The van der Waals surface area contributed by atoms with Crippen LogP contribution in [0.3, 0.4) is 0 Å². The van der Waals surface area contributed by atoms with Crippen molar-refractivity contribution in [3.05, 3.63) is 69.8 Å². The molecule has 0 fully saturated rings. The number of carbonyl (C=O) groups is 2. The normalized spacial score (nSPS) is 9.96. The van der Waals surface area contributed by atoms with Crippen molar-refractivity contribution in [3.63, 3.8) is 0 Å². The highest BCUT2D eigenvalue weighted by atomic mass is 16.6. The smallest absolute Gasteiger partial charge is 0.319 e. The van der Waals surface area contributed by atoms with E-state index in [9.17, 15) is 19.7 Å². The largest absolute Gasteiger partial charge is 0.350 e. The summed E-state index contributed by atoms with van der Waals surface area (Å²) < 4.78 is 0. The molecule has 8 heteroatoms. The number of benzene rings is 2. The summed E-state index contributed by atoms with van der Waals surface area (Å²) in [6.45, 7) is 2.46. The molecule has 0 aliphatic heterocycles. The number of nitro benzene ring substituents is 1. The van der Waals surface area contributed by atoms with Crippen LogP contribution in [0.15, 0.2) is 48.5 Å². The minimum Gasteiger partial charge on any atom is -0.350 e. The van der Waals surface area contributed by atoms with Crippen molar-refractivity contribution < 1.29 is 14.5 Å². The lowest BCUT2D eigenvalue weighted by Gasteiger charge is -2.09. The van der Waals surface area contributed by atoms with Crippen molar-refractivity contribution in [1.82, 2.24) is 10.6 Å². The SMILES string of the molecule is Cc1ccc(C(=O)NCCNC(=O)Nc2ccc([N+](=O)[O-])cc2)cc1. The average Bonchev–Trinajstić information content (AvgIpc) is 2.59. The van der Waals surface area contributed by atoms with Crippen LogP contribution in [0.2, 0.25) is 0 Å². The Morgan fingerprint density at radius 1 is 0.960 bits per heavy atom. The lowest BCUT2D eigenvalue weighted by atomic mass is 10.1. The number of nitrogens with one attached hydrogen (secondary N) is 3. The Hall–Kier alpha value is -3.42. The molecule has 0 radical (unpaired) electrons. The molecule has 3 amide bonds. The number of aryl methyl sites for hydroxylation is 1. The van der Waals surface area contributed by atoms with Gasteiger partial charge in [-0.15, -0.1) is 0 Å². The molecule has 0 bridgehead atoms. The number of hydrogen-bond acceptors (Lipinski definition) is 4. The maximum absolute atomic E-state index is 11.9. The van der Waals surface area contributed by atoms with Gasteiger partial charge in [0.2, 0.25) is 0 Å². The Kier molecular flexibility index (Phi) is 6.05. The fraction of sp³-hybridized carbons (Fsp3) is 0.176. The second kappa shape index (κ2) is 8.44. The topological polar surface area (TPSA) is 113 Å². The molecule has 0 aromatic heterocycles. The van der Waals surface area contributed by atoms with Crippen LogP contribution >= 0.6 is 0 Å². The van der Waals surface area contributed by atoms with Gasteiger partial charge in [-0.05, 0) is 31.2 Å². The van der Waals surface area contributed by atoms with Gasteiger partial charge in [0.25, 0.3) is 11.6 Å². The number of hydrogen-bond donors (Lipinski definition) is 3. The summed E-state index contributed by atoms with van der Waals surface area (Å²) in [5.74, 6) is -0.211. The second-order valence-electron chi connectivity index (χ2n) is 5.31. The second-order valence-corrected chi connectivity index (χ2v) is 5.31. The molecule has 0 aliphatic carbocycles. The van der Waals surface area contributed by atoms with E-state index >= 15 is 0 Å². The Morgan fingerprint density at radius 2 is 1.56 bits per heavy atom. The van der Waals surface area contributed by atoms with E-state index in [4.69, 9.17) is 0 Å². The summed E-state index contributed by atoms with van der Waals surface area (Å²) in [4.78, 5) is 33.6. The summed E-state index contributed by atoms with van der Waals surface area (Å²) in [6, 6.07) is 12.2. The Morgan fingerprint density at radius 3 is 2.16 bits per heavy atom. The number of carbonyl (C=O) groups excluding carboxylic acids is 2. The zero-order valence-corrected chi connectivity index (χ0v) is 13.6. The molecule has 2 aromatic rings. The fourth-order valence-electron chi connectivity index (χ4n) is 2.00. The number of non-ortho nitro benzene ring substituents is 1. The third-order valence-corrected chi connectivity index (χ3v) is 3.35. The maximum Gasteiger partial charge on any atom is 0.319 e. The predicted molar refractivity (Wildman–Crippen MR) is 93.6 cm³/mol. The highest BCUT2D eigenvalue weighted by molar-refractivity contribution is 5.94. The summed E-state index contributed by atoms with van der Waals surface area (Å²) in [5.41, 5.74) is 2.01. The number of nitrogens with zero attached hydrogens (tertiary/aromatic N) is 1. The highest BCUT2D eigenvalue weighted by Gasteiger charge is 2.07. The molecule has 3 N–H and O–H groups in total. The molecule has 8 nitrogen and oxygen atoms in total. The van der Waals surface area contributed by atoms with Gasteiger partial charge < -0.3 is 16.0 Å². The summed E-state index contributed by atoms with van der Waals surface area (Å²) >= 11 is 0. The Balaban J connectivity index is 1.70. The molecule has 130 valence electrons. The predicted octanol–water partition coefficient (Wildman–Crippen LogP) is 2.45. The van der Waals surface area contributed by atoms with Crippen molar-refractivity contribution >= 4 is 23.3 Å². The van der Waals surface area contributed by atoms with Gasteiger partial charge in [-0.25, -0.2) is 4.79 Å². The highest BCUT2D eigenvalue weighted by Crippen LogP contribution is 2.15. The van der Waals surface area contributed by atoms with Gasteiger partial charge in [0.15, 0.2) is 0 Å². The Labute approximate surface area is 144 Å². The first-order chi connectivity index (χ1) is 12.0. The monoisotopic (exact) mass is 342 g/mol. The molecule has 0 saturated heterocycles. The van der Waals surface area contributed by atoms with Crippen molar-refractivity contribution in [2.24, 2.45) is 0 Å². The zero-order valence-electron chi connectivity index (χ0n) is 13.6. The maximum atomic E-state index is 11.9. The molecule has 2 aromatic carbocycles. The van der Waals surface area contributed by atoms with Crippen LogP contribution in [-0.2, 0) is 0 Å². The number of amides is 3. The van der Waals surface area contributed by atoms with Gasteiger partial charge in [-0.2, -0.15) is 0 Å². The fourth-order valence-corrected chi connectivity index (χ4v) is 2.00. The van der Waals surface area contributed by atoms with Crippen molar-refractivity contribution in [1.29, 1.82) is 0 Å². The molecule has 0 unspecified atom stereocenters. The first-order valence-corrected chi connectivity index (χ1v) is 7.60. The number of urea groups is 1. The Bertz CT molecular complexity index is 757. The van der Waals surface area contributed by atoms with Crippen LogP contribution in [0.1, 0.15) is 15.9 Å². The van der Waals surface area contributed by atoms with E-state index in [0.717, 1.165) is 5.56 Å². The van der Waals surface area contributed by atoms with E-state index < -0.39 is 11.0 Å². The van der Waals surface area contributed by atoms with Gasteiger partial charge in [-0.3, -0.25) is 14.9 Å².